The Hall–Kier alpha value is -3.27. The van der Waals surface area contributed by atoms with Crippen LogP contribution >= 0.6 is 0 Å². The number of hydrogen-bond donors (Lipinski definition) is 3. The van der Waals surface area contributed by atoms with E-state index in [2.05, 4.69) is 16.0 Å². The van der Waals surface area contributed by atoms with Crippen LogP contribution < -0.4 is 16.0 Å². The second-order valence-electron chi connectivity index (χ2n) is 7.24. The fraction of sp³-hybridized carbons (Fsp3) is 0.421. The third kappa shape index (κ3) is 3.58. The van der Waals surface area contributed by atoms with Gasteiger partial charge in [0.1, 0.15) is 6.04 Å². The maximum atomic E-state index is 13.0. The van der Waals surface area contributed by atoms with Crippen molar-refractivity contribution < 1.29 is 24.0 Å². The fourth-order valence-electron chi connectivity index (χ4n) is 3.92. The van der Waals surface area contributed by atoms with E-state index in [0.717, 1.165) is 0 Å². The van der Waals surface area contributed by atoms with Gasteiger partial charge in [0.15, 0.2) is 0 Å². The Morgan fingerprint density at radius 1 is 1.10 bits per heavy atom. The van der Waals surface area contributed by atoms with Gasteiger partial charge in [-0.25, -0.2) is 4.79 Å². The molecule has 0 spiro atoms. The molecule has 0 aromatic heterocycles. The Bertz CT molecular complexity index is 908. The van der Waals surface area contributed by atoms with E-state index in [9.17, 15) is 24.0 Å². The van der Waals surface area contributed by atoms with Gasteiger partial charge in [0, 0.05) is 39.1 Å². The number of rotatable bonds is 2. The number of urea groups is 1. The number of piperazine rings is 1. The molecule has 3 aliphatic heterocycles. The van der Waals surface area contributed by atoms with Crippen LogP contribution in [0.15, 0.2) is 18.2 Å². The van der Waals surface area contributed by atoms with Crippen molar-refractivity contribution in [2.45, 2.75) is 25.4 Å². The number of imide groups is 2. The molecule has 4 rings (SSSR count). The average molecular weight is 399 g/mol. The first-order chi connectivity index (χ1) is 14.0. The number of nitrogens with one attached hydrogen (secondary N) is 3. The van der Waals surface area contributed by atoms with Crippen molar-refractivity contribution in [1.29, 1.82) is 0 Å². The summed E-state index contributed by atoms with van der Waals surface area (Å²) in [6.07, 6.45) is 0.399. The summed E-state index contributed by atoms with van der Waals surface area (Å²) in [6, 6.07) is 3.59. The van der Waals surface area contributed by atoms with Crippen molar-refractivity contribution in [2.75, 3.05) is 26.2 Å². The van der Waals surface area contributed by atoms with Crippen molar-refractivity contribution in [2.24, 2.45) is 0 Å². The zero-order valence-electron chi connectivity index (χ0n) is 15.7. The van der Waals surface area contributed by atoms with Gasteiger partial charge in [-0.1, -0.05) is 12.1 Å². The van der Waals surface area contributed by atoms with Gasteiger partial charge in [0.2, 0.25) is 11.8 Å². The van der Waals surface area contributed by atoms with E-state index in [-0.39, 0.29) is 36.4 Å². The van der Waals surface area contributed by atoms with Crippen molar-refractivity contribution >= 4 is 29.7 Å². The summed E-state index contributed by atoms with van der Waals surface area (Å²) in [4.78, 5) is 64.5. The smallest absolute Gasteiger partial charge is 0.322 e. The SMILES string of the molecule is O=C1CCC(N2Cc3cccc(C(=O)NC(=O)N4CCNCC4)c3C2=O)C(=O)N1. The molecule has 3 heterocycles. The lowest BCUT2D eigenvalue weighted by molar-refractivity contribution is -0.136. The zero-order chi connectivity index (χ0) is 20.5. The molecule has 1 unspecified atom stereocenters. The molecule has 2 fully saturated rings. The van der Waals surface area contributed by atoms with E-state index in [0.29, 0.717) is 31.7 Å². The maximum absolute atomic E-state index is 13.0. The number of nitrogens with zero attached hydrogens (tertiary/aromatic N) is 2. The first-order valence-corrected chi connectivity index (χ1v) is 9.53. The van der Waals surface area contributed by atoms with Crippen molar-refractivity contribution in [3.8, 4) is 0 Å². The Morgan fingerprint density at radius 3 is 2.59 bits per heavy atom. The summed E-state index contributed by atoms with van der Waals surface area (Å²) >= 11 is 0. The number of benzene rings is 1. The topological polar surface area (TPSA) is 128 Å². The molecule has 1 aromatic carbocycles. The first-order valence-electron chi connectivity index (χ1n) is 9.53. The molecule has 0 bridgehead atoms. The normalized spacial score (nSPS) is 21.7. The summed E-state index contributed by atoms with van der Waals surface area (Å²) in [5.74, 6) is -1.97. The summed E-state index contributed by atoms with van der Waals surface area (Å²) in [6.45, 7) is 2.47. The highest BCUT2D eigenvalue weighted by Crippen LogP contribution is 2.29. The van der Waals surface area contributed by atoms with Gasteiger partial charge in [-0.2, -0.15) is 0 Å². The number of carbonyl (C=O) groups is 5. The predicted molar refractivity (Wildman–Crippen MR) is 99.8 cm³/mol. The first kappa shape index (κ1) is 19.1. The lowest BCUT2D eigenvalue weighted by Crippen LogP contribution is -2.52. The van der Waals surface area contributed by atoms with Gasteiger partial charge in [-0.05, 0) is 18.1 Å². The lowest BCUT2D eigenvalue weighted by Gasteiger charge is -2.29. The quantitative estimate of drug-likeness (QED) is 0.559. The molecule has 3 N–H and O–H groups in total. The third-order valence-corrected chi connectivity index (χ3v) is 5.42. The fourth-order valence-corrected chi connectivity index (χ4v) is 3.92. The van der Waals surface area contributed by atoms with Crippen LogP contribution in [0.25, 0.3) is 0 Å². The molecule has 152 valence electrons. The maximum Gasteiger partial charge on any atom is 0.324 e. The number of amides is 6. The molecule has 10 heteroatoms. The highest BCUT2D eigenvalue weighted by molar-refractivity contribution is 6.14. The van der Waals surface area contributed by atoms with E-state index in [1.54, 1.807) is 12.1 Å². The summed E-state index contributed by atoms with van der Waals surface area (Å²) in [5.41, 5.74) is 0.913. The Kier molecular flexibility index (Phi) is 5.01. The van der Waals surface area contributed by atoms with Crippen LogP contribution in [-0.2, 0) is 16.1 Å². The number of fused-ring (bicyclic) bond motifs is 1. The molecule has 0 aliphatic carbocycles. The Labute approximate surface area is 166 Å². The van der Waals surface area contributed by atoms with E-state index in [1.165, 1.54) is 15.9 Å². The van der Waals surface area contributed by atoms with Crippen molar-refractivity contribution in [1.82, 2.24) is 25.8 Å². The van der Waals surface area contributed by atoms with Crippen LogP contribution in [0.4, 0.5) is 4.79 Å². The van der Waals surface area contributed by atoms with Gasteiger partial charge >= 0.3 is 6.03 Å². The molecule has 0 radical (unpaired) electrons. The molecule has 2 saturated heterocycles. The van der Waals surface area contributed by atoms with Gasteiger partial charge in [-0.15, -0.1) is 0 Å². The van der Waals surface area contributed by atoms with E-state index < -0.39 is 29.8 Å². The standard InChI is InChI=1S/C19H21N5O5/c25-14-5-4-13(17(27)21-14)24-10-11-2-1-3-12(15(11)18(24)28)16(26)22-19(29)23-8-6-20-7-9-23/h1-3,13,20H,4-10H2,(H,21,25,27)(H,22,26,29). The molecule has 1 atom stereocenters. The molecular weight excluding hydrogens is 378 g/mol. The van der Waals surface area contributed by atoms with E-state index >= 15 is 0 Å². The average Bonchev–Trinajstić information content (AvgIpc) is 3.05. The van der Waals surface area contributed by atoms with Crippen LogP contribution in [0.3, 0.4) is 0 Å². The van der Waals surface area contributed by atoms with Crippen LogP contribution in [0.2, 0.25) is 0 Å². The predicted octanol–water partition coefficient (Wildman–Crippen LogP) is -0.797. The second-order valence-corrected chi connectivity index (χ2v) is 7.24. The number of carbonyl (C=O) groups excluding carboxylic acids is 5. The summed E-state index contributed by atoms with van der Waals surface area (Å²) in [5, 5.41) is 7.72. The van der Waals surface area contributed by atoms with Crippen LogP contribution in [0, 0.1) is 0 Å². The van der Waals surface area contributed by atoms with E-state index in [4.69, 9.17) is 0 Å². The van der Waals surface area contributed by atoms with Crippen molar-refractivity contribution in [3.63, 3.8) is 0 Å². The number of hydrogen-bond acceptors (Lipinski definition) is 6. The highest BCUT2D eigenvalue weighted by Gasteiger charge is 2.40. The minimum absolute atomic E-state index is 0.103. The van der Waals surface area contributed by atoms with Gasteiger partial charge in [0.25, 0.3) is 11.8 Å². The van der Waals surface area contributed by atoms with Crippen LogP contribution in [0.5, 0.6) is 0 Å². The largest absolute Gasteiger partial charge is 0.324 e. The van der Waals surface area contributed by atoms with Gasteiger partial charge in [-0.3, -0.25) is 29.8 Å². The molecule has 1 aromatic rings. The zero-order valence-corrected chi connectivity index (χ0v) is 15.7. The minimum atomic E-state index is -0.758. The second kappa shape index (κ2) is 7.63. The summed E-state index contributed by atoms with van der Waals surface area (Å²) < 4.78 is 0. The Balaban J connectivity index is 1.52. The third-order valence-electron chi connectivity index (χ3n) is 5.42. The van der Waals surface area contributed by atoms with Crippen LogP contribution in [0.1, 0.15) is 39.1 Å². The van der Waals surface area contributed by atoms with Gasteiger partial charge in [0.05, 0.1) is 11.1 Å². The van der Waals surface area contributed by atoms with Crippen molar-refractivity contribution in [3.05, 3.63) is 34.9 Å². The molecular formula is C19H21N5O5. The van der Waals surface area contributed by atoms with E-state index in [1.807, 2.05) is 0 Å². The molecule has 6 amide bonds. The Morgan fingerprint density at radius 2 is 1.86 bits per heavy atom. The molecule has 10 nitrogen and oxygen atoms in total. The summed E-state index contributed by atoms with van der Waals surface area (Å²) in [7, 11) is 0. The molecule has 0 saturated carbocycles. The highest BCUT2D eigenvalue weighted by atomic mass is 16.2. The monoisotopic (exact) mass is 399 g/mol. The molecule has 29 heavy (non-hydrogen) atoms. The van der Waals surface area contributed by atoms with Crippen LogP contribution in [-0.4, -0.2) is 71.7 Å². The van der Waals surface area contributed by atoms with Gasteiger partial charge < -0.3 is 15.1 Å². The lowest BCUT2D eigenvalue weighted by atomic mass is 10.0. The molecule has 3 aliphatic rings. The minimum Gasteiger partial charge on any atom is -0.322 e. The number of piperidine rings is 1.